The Morgan fingerprint density at radius 1 is 0.872 bits per heavy atom. The Morgan fingerprint density at radius 2 is 1.44 bits per heavy atom. The molecule has 0 amide bonds. The Kier molecular flexibility index (Phi) is 8.36. The van der Waals surface area contributed by atoms with Gasteiger partial charge in [0.1, 0.15) is 6.61 Å². The molecule has 0 bridgehead atoms. The van der Waals surface area contributed by atoms with E-state index in [9.17, 15) is 19.7 Å². The van der Waals surface area contributed by atoms with E-state index >= 15 is 0 Å². The van der Waals surface area contributed by atoms with E-state index in [1.54, 1.807) is 19.9 Å². The molecule has 3 aromatic rings. The number of hydrogen-bond acceptors (Lipinski definition) is 7. The zero-order chi connectivity index (χ0) is 27.9. The largest absolute Gasteiger partial charge is 0.466 e. The highest BCUT2D eigenvalue weighted by Gasteiger charge is 2.38. The van der Waals surface area contributed by atoms with E-state index in [-0.39, 0.29) is 23.4 Å². The van der Waals surface area contributed by atoms with Crippen molar-refractivity contribution in [1.82, 2.24) is 5.32 Å². The van der Waals surface area contributed by atoms with Gasteiger partial charge in [-0.25, -0.2) is 9.59 Å². The molecule has 0 aliphatic carbocycles. The zero-order valence-electron chi connectivity index (χ0n) is 21.8. The van der Waals surface area contributed by atoms with Gasteiger partial charge in [0.05, 0.1) is 29.1 Å². The van der Waals surface area contributed by atoms with E-state index in [1.807, 2.05) is 66.7 Å². The zero-order valence-corrected chi connectivity index (χ0v) is 21.8. The van der Waals surface area contributed by atoms with Crippen LogP contribution in [0.3, 0.4) is 0 Å². The van der Waals surface area contributed by atoms with Gasteiger partial charge < -0.3 is 14.8 Å². The van der Waals surface area contributed by atoms with Crippen LogP contribution in [0.25, 0.3) is 5.57 Å². The highest BCUT2D eigenvalue weighted by Crippen LogP contribution is 2.40. The minimum absolute atomic E-state index is 0.0351. The standard InChI is InChI=1S/C31H28N2O6/c1-20-27(30(34)38-3)29(24-15-10-16-25(19-24)33(36)37)28(21(2)32-20)31(35)39-18-17-26(22-11-6-4-7-12-22)23-13-8-5-9-14-23/h4-17,19,29,32H,18H2,1-3H3. The van der Waals surface area contributed by atoms with Gasteiger partial charge >= 0.3 is 11.9 Å². The molecule has 1 aliphatic rings. The van der Waals surface area contributed by atoms with Crippen molar-refractivity contribution >= 4 is 23.2 Å². The molecule has 0 saturated heterocycles. The highest BCUT2D eigenvalue weighted by atomic mass is 16.6. The number of methoxy groups -OCH3 is 1. The number of benzene rings is 3. The van der Waals surface area contributed by atoms with Crippen molar-refractivity contribution in [3.05, 3.63) is 140 Å². The second-order valence-electron chi connectivity index (χ2n) is 8.93. The van der Waals surface area contributed by atoms with Crippen LogP contribution in [-0.2, 0) is 19.1 Å². The Balaban J connectivity index is 1.70. The number of nitro benzene ring substituents is 1. The summed E-state index contributed by atoms with van der Waals surface area (Å²) in [5.41, 5.74) is 4.41. The lowest BCUT2D eigenvalue weighted by Gasteiger charge is -2.30. The fourth-order valence-corrected chi connectivity index (χ4v) is 4.71. The minimum Gasteiger partial charge on any atom is -0.466 e. The molecule has 4 rings (SSSR count). The predicted octanol–water partition coefficient (Wildman–Crippen LogP) is 5.68. The number of nitrogens with zero attached hydrogens (tertiary/aromatic N) is 1. The van der Waals surface area contributed by atoms with Crippen LogP contribution in [0.5, 0.6) is 0 Å². The van der Waals surface area contributed by atoms with Gasteiger partial charge in [0.2, 0.25) is 0 Å². The molecule has 0 aromatic heterocycles. The summed E-state index contributed by atoms with van der Waals surface area (Å²) >= 11 is 0. The number of non-ortho nitro benzene ring substituents is 1. The van der Waals surface area contributed by atoms with Crippen LogP contribution < -0.4 is 5.32 Å². The molecule has 0 fully saturated rings. The van der Waals surface area contributed by atoms with Gasteiger partial charge in [0.25, 0.3) is 5.69 Å². The van der Waals surface area contributed by atoms with Crippen molar-refractivity contribution in [2.45, 2.75) is 19.8 Å². The van der Waals surface area contributed by atoms with Crippen LogP contribution in [0, 0.1) is 10.1 Å². The van der Waals surface area contributed by atoms with Crippen molar-refractivity contribution in [1.29, 1.82) is 0 Å². The first-order chi connectivity index (χ1) is 18.8. The minimum atomic E-state index is -0.919. The number of rotatable bonds is 8. The Morgan fingerprint density at radius 3 is 1.97 bits per heavy atom. The number of ether oxygens (including phenoxy) is 2. The first-order valence-electron chi connectivity index (χ1n) is 12.3. The van der Waals surface area contributed by atoms with Crippen LogP contribution in [0.4, 0.5) is 5.69 Å². The summed E-state index contributed by atoms with van der Waals surface area (Å²) in [7, 11) is 1.25. The summed E-state index contributed by atoms with van der Waals surface area (Å²) < 4.78 is 10.7. The van der Waals surface area contributed by atoms with Gasteiger partial charge in [0.15, 0.2) is 0 Å². The van der Waals surface area contributed by atoms with Crippen molar-refractivity contribution in [3.8, 4) is 0 Å². The van der Waals surface area contributed by atoms with Crippen molar-refractivity contribution in [2.75, 3.05) is 13.7 Å². The molecular formula is C31H28N2O6. The lowest BCUT2D eigenvalue weighted by molar-refractivity contribution is -0.384. The number of esters is 2. The van der Waals surface area contributed by atoms with E-state index in [0.717, 1.165) is 16.7 Å². The van der Waals surface area contributed by atoms with Crippen molar-refractivity contribution in [2.24, 2.45) is 0 Å². The monoisotopic (exact) mass is 524 g/mol. The van der Waals surface area contributed by atoms with E-state index in [4.69, 9.17) is 9.47 Å². The van der Waals surface area contributed by atoms with Crippen LogP contribution in [-0.4, -0.2) is 30.6 Å². The second-order valence-corrected chi connectivity index (χ2v) is 8.93. The van der Waals surface area contributed by atoms with Crippen molar-refractivity contribution < 1.29 is 24.0 Å². The maximum absolute atomic E-state index is 13.6. The average Bonchev–Trinajstić information content (AvgIpc) is 2.95. The molecule has 1 atom stereocenters. The molecule has 0 radical (unpaired) electrons. The summed E-state index contributed by atoms with van der Waals surface area (Å²) in [6.07, 6.45) is 1.83. The van der Waals surface area contributed by atoms with E-state index in [0.29, 0.717) is 17.0 Å². The number of nitrogens with one attached hydrogen (secondary N) is 1. The highest BCUT2D eigenvalue weighted by molar-refractivity contribution is 6.00. The molecule has 39 heavy (non-hydrogen) atoms. The molecular weight excluding hydrogens is 496 g/mol. The van der Waals surface area contributed by atoms with Crippen LogP contribution in [0.15, 0.2) is 114 Å². The number of carbonyl (C=O) groups is 2. The topological polar surface area (TPSA) is 108 Å². The third-order valence-electron chi connectivity index (χ3n) is 6.47. The Bertz CT molecular complexity index is 1450. The fourth-order valence-electron chi connectivity index (χ4n) is 4.71. The maximum atomic E-state index is 13.6. The second kappa shape index (κ2) is 12.0. The van der Waals surface area contributed by atoms with Gasteiger partial charge in [-0.3, -0.25) is 10.1 Å². The number of nitro groups is 1. The lowest BCUT2D eigenvalue weighted by atomic mass is 9.80. The quantitative estimate of drug-likeness (QED) is 0.230. The molecule has 0 spiro atoms. The van der Waals surface area contributed by atoms with Gasteiger partial charge in [-0.05, 0) is 42.2 Å². The smallest absolute Gasteiger partial charge is 0.337 e. The van der Waals surface area contributed by atoms with Crippen LogP contribution in [0.2, 0.25) is 0 Å². The summed E-state index contributed by atoms with van der Waals surface area (Å²) in [4.78, 5) is 37.4. The average molecular weight is 525 g/mol. The molecule has 1 unspecified atom stereocenters. The Labute approximate surface area is 226 Å². The summed E-state index contributed by atoms with van der Waals surface area (Å²) in [5.74, 6) is -2.22. The van der Waals surface area contributed by atoms with Gasteiger partial charge in [-0.1, -0.05) is 72.8 Å². The number of carbonyl (C=O) groups excluding carboxylic acids is 2. The molecule has 198 valence electrons. The fraction of sp³-hybridized carbons (Fsp3) is 0.161. The summed E-state index contributed by atoms with van der Waals surface area (Å²) in [6, 6.07) is 25.4. The normalized spacial score (nSPS) is 14.8. The molecule has 8 nitrogen and oxygen atoms in total. The SMILES string of the molecule is COC(=O)C1=C(C)NC(C)=C(C(=O)OCC=C(c2ccccc2)c2ccccc2)C1c1cccc([N+](=O)[O-])c1. The maximum Gasteiger partial charge on any atom is 0.337 e. The van der Waals surface area contributed by atoms with Gasteiger partial charge in [-0.15, -0.1) is 0 Å². The van der Waals surface area contributed by atoms with Crippen LogP contribution >= 0.6 is 0 Å². The summed E-state index contributed by atoms with van der Waals surface area (Å²) in [5, 5.41) is 14.5. The molecule has 3 aromatic carbocycles. The lowest BCUT2D eigenvalue weighted by Crippen LogP contribution is -2.32. The predicted molar refractivity (Wildman–Crippen MR) is 147 cm³/mol. The molecule has 1 N–H and O–H groups in total. The van der Waals surface area contributed by atoms with Gasteiger partial charge in [-0.2, -0.15) is 0 Å². The molecule has 0 saturated carbocycles. The number of allylic oxidation sites excluding steroid dienone is 2. The number of hydrogen-bond donors (Lipinski definition) is 1. The first-order valence-corrected chi connectivity index (χ1v) is 12.3. The van der Waals surface area contributed by atoms with Crippen molar-refractivity contribution in [3.63, 3.8) is 0 Å². The molecule has 1 heterocycles. The van der Waals surface area contributed by atoms with Gasteiger partial charge in [0, 0.05) is 23.5 Å². The first kappa shape index (κ1) is 27.1. The third kappa shape index (κ3) is 5.96. The third-order valence-corrected chi connectivity index (χ3v) is 6.47. The van der Waals surface area contributed by atoms with Crippen LogP contribution in [0.1, 0.15) is 36.5 Å². The van der Waals surface area contributed by atoms with E-state index in [2.05, 4.69) is 5.32 Å². The molecule has 1 aliphatic heterocycles. The van der Waals surface area contributed by atoms with E-state index < -0.39 is 22.8 Å². The van der Waals surface area contributed by atoms with E-state index in [1.165, 1.54) is 25.3 Å². The molecule has 8 heteroatoms. The summed E-state index contributed by atoms with van der Waals surface area (Å²) in [6.45, 7) is 3.36. The Hall–Kier alpha value is -4.98. The number of dihydropyridines is 1.